The molecule has 10 heteroatoms. The van der Waals surface area contributed by atoms with Crippen LogP contribution in [0.4, 0.5) is 32.4 Å². The molecular weight excluding hydrogens is 479 g/mol. The van der Waals surface area contributed by atoms with Crippen molar-refractivity contribution < 1.29 is 31.5 Å². The molecule has 1 fully saturated rings. The number of hydrogen-bond donors (Lipinski definition) is 1. The van der Waals surface area contributed by atoms with E-state index in [9.17, 15) is 26.7 Å². The summed E-state index contributed by atoms with van der Waals surface area (Å²) < 4.78 is 73.8. The Labute approximate surface area is 196 Å². The SMILES string of the molecule is O=C(Nc1ccc(F)cc1F)N1CC(OC(c2ccc(Cl)cc2)c2ccccc2C(F)(F)F)C1. The van der Waals surface area contributed by atoms with Gasteiger partial charge in [0.05, 0.1) is 30.4 Å². The quantitative estimate of drug-likeness (QED) is 0.401. The van der Waals surface area contributed by atoms with Gasteiger partial charge in [-0.3, -0.25) is 0 Å². The number of nitrogens with zero attached hydrogens (tertiary/aromatic N) is 1. The number of ether oxygens (including phenoxy) is 1. The van der Waals surface area contributed by atoms with Gasteiger partial charge in [-0.25, -0.2) is 13.6 Å². The Morgan fingerprint density at radius 1 is 1.03 bits per heavy atom. The van der Waals surface area contributed by atoms with Gasteiger partial charge in [0.15, 0.2) is 0 Å². The van der Waals surface area contributed by atoms with Gasteiger partial charge in [-0.05, 0) is 41.5 Å². The second-order valence-corrected chi connectivity index (χ2v) is 8.17. The molecule has 1 atom stereocenters. The fraction of sp³-hybridized carbons (Fsp3) is 0.208. The molecule has 0 aliphatic carbocycles. The zero-order valence-electron chi connectivity index (χ0n) is 17.5. The van der Waals surface area contributed by atoms with Gasteiger partial charge < -0.3 is 15.0 Å². The highest BCUT2D eigenvalue weighted by Crippen LogP contribution is 2.39. The smallest absolute Gasteiger partial charge is 0.362 e. The molecule has 4 nitrogen and oxygen atoms in total. The van der Waals surface area contributed by atoms with Crippen LogP contribution in [0.5, 0.6) is 0 Å². The number of hydrogen-bond acceptors (Lipinski definition) is 2. The van der Waals surface area contributed by atoms with Crippen molar-refractivity contribution in [2.75, 3.05) is 18.4 Å². The van der Waals surface area contributed by atoms with Crippen LogP contribution >= 0.6 is 11.6 Å². The Balaban J connectivity index is 1.50. The molecule has 34 heavy (non-hydrogen) atoms. The van der Waals surface area contributed by atoms with Crippen LogP contribution in [0.15, 0.2) is 66.7 Å². The van der Waals surface area contributed by atoms with E-state index in [1.54, 1.807) is 24.3 Å². The number of nitrogens with one attached hydrogen (secondary N) is 1. The molecule has 0 aromatic heterocycles. The molecular formula is C24H18ClF5N2O2. The largest absolute Gasteiger partial charge is 0.416 e. The van der Waals surface area contributed by atoms with Gasteiger partial charge in [-0.2, -0.15) is 13.2 Å². The second-order valence-electron chi connectivity index (χ2n) is 7.73. The number of likely N-dealkylation sites (tertiary alicyclic amines) is 1. The Morgan fingerprint density at radius 3 is 2.35 bits per heavy atom. The third-order valence-electron chi connectivity index (χ3n) is 5.36. The minimum Gasteiger partial charge on any atom is -0.362 e. The van der Waals surface area contributed by atoms with Crippen molar-refractivity contribution in [1.82, 2.24) is 4.90 Å². The fourth-order valence-corrected chi connectivity index (χ4v) is 3.75. The molecule has 1 N–H and O–H groups in total. The van der Waals surface area contributed by atoms with Crippen LogP contribution in [0.25, 0.3) is 0 Å². The average molecular weight is 497 g/mol. The number of carbonyl (C=O) groups excluding carboxylic acids is 1. The number of alkyl halides is 3. The van der Waals surface area contributed by atoms with Crippen LogP contribution in [-0.4, -0.2) is 30.1 Å². The lowest BCUT2D eigenvalue weighted by Gasteiger charge is -2.41. The first-order valence-electron chi connectivity index (χ1n) is 10.2. The highest BCUT2D eigenvalue weighted by atomic mass is 35.5. The molecule has 1 aliphatic heterocycles. The molecule has 2 amide bonds. The summed E-state index contributed by atoms with van der Waals surface area (Å²) in [6.45, 7) is 0.153. The van der Waals surface area contributed by atoms with E-state index in [1.165, 1.54) is 23.1 Å². The van der Waals surface area contributed by atoms with Crippen molar-refractivity contribution in [3.05, 3.63) is 100 Å². The van der Waals surface area contributed by atoms with Crippen LogP contribution in [-0.2, 0) is 10.9 Å². The van der Waals surface area contributed by atoms with Gasteiger partial charge >= 0.3 is 12.2 Å². The number of carbonyl (C=O) groups is 1. The van der Waals surface area contributed by atoms with E-state index in [2.05, 4.69) is 5.32 Å². The summed E-state index contributed by atoms with van der Waals surface area (Å²) in [5, 5.41) is 2.76. The number of halogens is 6. The molecule has 4 rings (SSSR count). The van der Waals surface area contributed by atoms with Gasteiger partial charge in [0.25, 0.3) is 0 Å². The summed E-state index contributed by atoms with van der Waals surface area (Å²) in [7, 11) is 0. The molecule has 0 saturated carbocycles. The van der Waals surface area contributed by atoms with Crippen LogP contribution < -0.4 is 5.32 Å². The molecule has 0 spiro atoms. The van der Waals surface area contributed by atoms with Crippen molar-refractivity contribution in [3.8, 4) is 0 Å². The molecule has 3 aromatic carbocycles. The van der Waals surface area contributed by atoms with Crippen LogP contribution in [0, 0.1) is 11.6 Å². The standard InChI is InChI=1S/C24H18ClF5N2O2/c25-15-7-5-14(6-8-15)22(18-3-1-2-4-19(18)24(28,29)30)34-17-12-32(13-17)23(33)31-21-10-9-16(26)11-20(21)27/h1-11,17,22H,12-13H2,(H,31,33). The third kappa shape index (κ3) is 5.31. The summed E-state index contributed by atoms with van der Waals surface area (Å²) in [6.07, 6.45) is -6.21. The van der Waals surface area contributed by atoms with E-state index < -0.39 is 41.6 Å². The number of anilines is 1. The molecule has 1 heterocycles. The van der Waals surface area contributed by atoms with E-state index >= 15 is 0 Å². The molecule has 1 saturated heterocycles. The van der Waals surface area contributed by atoms with Gasteiger partial charge in [0.1, 0.15) is 17.7 Å². The summed E-state index contributed by atoms with van der Waals surface area (Å²) in [4.78, 5) is 13.7. The van der Waals surface area contributed by atoms with E-state index in [0.29, 0.717) is 16.7 Å². The predicted molar refractivity (Wildman–Crippen MR) is 117 cm³/mol. The minimum atomic E-state index is -4.59. The van der Waals surface area contributed by atoms with Gasteiger partial charge in [-0.15, -0.1) is 0 Å². The van der Waals surface area contributed by atoms with Crippen LogP contribution in [0.1, 0.15) is 22.8 Å². The lowest BCUT2D eigenvalue weighted by molar-refractivity contribution is -0.140. The average Bonchev–Trinajstić information content (AvgIpc) is 2.75. The van der Waals surface area contributed by atoms with Crippen molar-refractivity contribution >= 4 is 23.3 Å². The summed E-state index contributed by atoms with van der Waals surface area (Å²) in [5.41, 5.74) is -0.601. The maximum atomic E-state index is 13.8. The zero-order chi connectivity index (χ0) is 24.5. The monoisotopic (exact) mass is 496 g/mol. The highest BCUT2D eigenvalue weighted by molar-refractivity contribution is 6.30. The van der Waals surface area contributed by atoms with Crippen molar-refractivity contribution in [2.24, 2.45) is 0 Å². The first-order chi connectivity index (χ1) is 16.1. The molecule has 178 valence electrons. The first kappa shape index (κ1) is 24.0. The lowest BCUT2D eigenvalue weighted by Crippen LogP contribution is -2.56. The van der Waals surface area contributed by atoms with Crippen molar-refractivity contribution in [3.63, 3.8) is 0 Å². The normalized spacial score (nSPS) is 15.1. The zero-order valence-corrected chi connectivity index (χ0v) is 18.2. The van der Waals surface area contributed by atoms with E-state index in [-0.39, 0.29) is 24.3 Å². The van der Waals surface area contributed by atoms with Gasteiger partial charge in [0.2, 0.25) is 0 Å². The maximum Gasteiger partial charge on any atom is 0.416 e. The summed E-state index contributed by atoms with van der Waals surface area (Å²) in [6, 6.07) is 13.5. The molecule has 0 radical (unpaired) electrons. The molecule has 1 unspecified atom stereocenters. The third-order valence-corrected chi connectivity index (χ3v) is 5.61. The molecule has 3 aromatic rings. The van der Waals surface area contributed by atoms with Gasteiger partial charge in [0, 0.05) is 11.1 Å². The van der Waals surface area contributed by atoms with Crippen LogP contribution in [0.3, 0.4) is 0 Å². The number of rotatable bonds is 5. The van der Waals surface area contributed by atoms with Crippen molar-refractivity contribution in [1.29, 1.82) is 0 Å². The Bertz CT molecular complexity index is 1180. The van der Waals surface area contributed by atoms with Crippen LogP contribution in [0.2, 0.25) is 5.02 Å². The fourth-order valence-electron chi connectivity index (χ4n) is 3.62. The first-order valence-corrected chi connectivity index (χ1v) is 10.6. The predicted octanol–water partition coefficient (Wildman–Crippen LogP) is 6.66. The van der Waals surface area contributed by atoms with E-state index in [1.807, 2.05) is 0 Å². The summed E-state index contributed by atoms with van der Waals surface area (Å²) in [5.74, 6) is -1.70. The minimum absolute atomic E-state index is 0.0615. The Hall–Kier alpha value is -3.17. The van der Waals surface area contributed by atoms with Gasteiger partial charge in [-0.1, -0.05) is 41.9 Å². The van der Waals surface area contributed by atoms with E-state index in [0.717, 1.165) is 18.2 Å². The Kier molecular flexibility index (Phi) is 6.77. The number of urea groups is 1. The number of benzene rings is 3. The number of amides is 2. The Morgan fingerprint density at radius 2 is 1.71 bits per heavy atom. The van der Waals surface area contributed by atoms with Crippen molar-refractivity contribution in [2.45, 2.75) is 18.4 Å². The molecule has 0 bridgehead atoms. The highest BCUT2D eigenvalue weighted by Gasteiger charge is 2.39. The molecule has 1 aliphatic rings. The lowest BCUT2D eigenvalue weighted by atomic mass is 9.95. The summed E-state index contributed by atoms with van der Waals surface area (Å²) >= 11 is 5.93. The second kappa shape index (κ2) is 9.60. The maximum absolute atomic E-state index is 13.8. The topological polar surface area (TPSA) is 41.6 Å². The van der Waals surface area contributed by atoms with E-state index in [4.69, 9.17) is 16.3 Å².